The quantitative estimate of drug-likeness (QED) is 0.842. The van der Waals surface area contributed by atoms with Crippen molar-refractivity contribution in [1.29, 1.82) is 0 Å². The van der Waals surface area contributed by atoms with E-state index in [0.29, 0.717) is 12.3 Å². The van der Waals surface area contributed by atoms with Gasteiger partial charge in [0.25, 0.3) is 0 Å². The number of benzene rings is 1. The number of methoxy groups -OCH3 is 1. The summed E-state index contributed by atoms with van der Waals surface area (Å²) in [7, 11) is 3.17. The van der Waals surface area contributed by atoms with Crippen LogP contribution < -0.4 is 10.1 Å². The number of carbonyl (C=O) groups is 2. The summed E-state index contributed by atoms with van der Waals surface area (Å²) in [5, 5.41) is 11.1. The zero-order valence-electron chi connectivity index (χ0n) is 11.2. The molecule has 2 amide bonds. The van der Waals surface area contributed by atoms with Gasteiger partial charge in [0.1, 0.15) is 11.8 Å². The Labute approximate surface area is 112 Å². The lowest BCUT2D eigenvalue weighted by Gasteiger charge is -2.20. The molecule has 1 aromatic rings. The maximum absolute atomic E-state index is 11.7. The highest BCUT2D eigenvalue weighted by Gasteiger charge is 2.16. The van der Waals surface area contributed by atoms with Gasteiger partial charge in [-0.15, -0.1) is 0 Å². The van der Waals surface area contributed by atoms with Gasteiger partial charge in [0.15, 0.2) is 0 Å². The molecule has 0 saturated heterocycles. The molecule has 1 atom stereocenters. The Kier molecular flexibility index (Phi) is 5.17. The lowest BCUT2D eigenvalue weighted by Crippen LogP contribution is -2.44. The van der Waals surface area contributed by atoms with E-state index in [1.165, 1.54) is 11.8 Å². The Morgan fingerprint density at radius 1 is 1.47 bits per heavy atom. The van der Waals surface area contributed by atoms with Crippen molar-refractivity contribution in [2.24, 2.45) is 0 Å². The Bertz CT molecular complexity index is 462. The summed E-state index contributed by atoms with van der Waals surface area (Å²) < 4.78 is 5.10. The van der Waals surface area contributed by atoms with E-state index in [4.69, 9.17) is 9.84 Å². The predicted molar refractivity (Wildman–Crippen MR) is 70.1 cm³/mol. The molecule has 1 aromatic carbocycles. The average Bonchev–Trinajstić information content (AvgIpc) is 2.38. The molecule has 0 radical (unpaired) electrons. The van der Waals surface area contributed by atoms with E-state index >= 15 is 0 Å². The third kappa shape index (κ3) is 4.50. The normalized spacial score (nSPS) is 11.5. The zero-order valence-corrected chi connectivity index (χ0v) is 11.2. The molecule has 0 heterocycles. The first-order valence-electron chi connectivity index (χ1n) is 5.81. The van der Waals surface area contributed by atoms with Crippen molar-refractivity contribution in [3.8, 4) is 5.75 Å². The number of nitrogens with zero attached hydrogens (tertiary/aromatic N) is 1. The number of urea groups is 1. The van der Waals surface area contributed by atoms with Crippen LogP contribution in [0.1, 0.15) is 12.5 Å². The molecule has 0 spiro atoms. The molecule has 0 unspecified atom stereocenters. The van der Waals surface area contributed by atoms with E-state index in [0.717, 1.165) is 5.56 Å². The number of ether oxygens (including phenoxy) is 1. The van der Waals surface area contributed by atoms with Crippen LogP contribution >= 0.6 is 0 Å². The molecule has 104 valence electrons. The van der Waals surface area contributed by atoms with Gasteiger partial charge in [0, 0.05) is 13.6 Å². The standard InChI is InChI=1S/C13H18N2O4/c1-9(12(16)17)14-13(18)15(2)8-10-5-4-6-11(7-10)19-3/h4-7,9H,8H2,1-3H3,(H,14,18)(H,16,17)/t9-/m0/s1. The molecule has 0 fully saturated rings. The van der Waals surface area contributed by atoms with Crippen molar-refractivity contribution in [3.63, 3.8) is 0 Å². The smallest absolute Gasteiger partial charge is 0.325 e. The third-order valence-electron chi connectivity index (χ3n) is 2.61. The monoisotopic (exact) mass is 266 g/mol. The molecule has 0 bridgehead atoms. The molecule has 0 aromatic heterocycles. The minimum absolute atomic E-state index is 0.370. The first-order valence-corrected chi connectivity index (χ1v) is 5.81. The first-order chi connectivity index (χ1) is 8.93. The van der Waals surface area contributed by atoms with E-state index in [9.17, 15) is 9.59 Å². The molecule has 1 rings (SSSR count). The highest BCUT2D eigenvalue weighted by atomic mass is 16.5. The minimum atomic E-state index is -1.07. The van der Waals surface area contributed by atoms with Crippen molar-refractivity contribution < 1.29 is 19.4 Å². The van der Waals surface area contributed by atoms with E-state index in [1.54, 1.807) is 14.2 Å². The fraction of sp³-hybridized carbons (Fsp3) is 0.385. The van der Waals surface area contributed by atoms with Crippen LogP contribution in [0.5, 0.6) is 5.75 Å². The van der Waals surface area contributed by atoms with Crippen LogP contribution in [0.25, 0.3) is 0 Å². The number of aliphatic carboxylic acids is 1. The summed E-state index contributed by atoms with van der Waals surface area (Å²) in [6.45, 7) is 1.79. The van der Waals surface area contributed by atoms with Crippen LogP contribution in [-0.2, 0) is 11.3 Å². The Morgan fingerprint density at radius 3 is 2.74 bits per heavy atom. The minimum Gasteiger partial charge on any atom is -0.497 e. The summed E-state index contributed by atoms with van der Waals surface area (Å²) in [5.74, 6) is -0.353. The van der Waals surface area contributed by atoms with Crippen molar-refractivity contribution in [2.45, 2.75) is 19.5 Å². The lowest BCUT2D eigenvalue weighted by molar-refractivity contribution is -0.138. The van der Waals surface area contributed by atoms with Crippen LogP contribution in [0.2, 0.25) is 0 Å². The molecule has 2 N–H and O–H groups in total. The molecular weight excluding hydrogens is 248 g/mol. The Morgan fingerprint density at radius 2 is 2.16 bits per heavy atom. The van der Waals surface area contributed by atoms with Crippen molar-refractivity contribution in [1.82, 2.24) is 10.2 Å². The van der Waals surface area contributed by atoms with E-state index in [2.05, 4.69) is 5.32 Å². The Balaban J connectivity index is 2.60. The second-order valence-electron chi connectivity index (χ2n) is 4.22. The SMILES string of the molecule is COc1cccc(CN(C)C(=O)N[C@@H](C)C(=O)O)c1. The topological polar surface area (TPSA) is 78.9 Å². The van der Waals surface area contributed by atoms with Crippen molar-refractivity contribution >= 4 is 12.0 Å². The molecule has 0 aliphatic carbocycles. The van der Waals surface area contributed by atoms with Crippen LogP contribution in [0.15, 0.2) is 24.3 Å². The number of nitrogens with one attached hydrogen (secondary N) is 1. The van der Waals surface area contributed by atoms with Gasteiger partial charge in [0.2, 0.25) is 0 Å². The maximum Gasteiger partial charge on any atom is 0.325 e. The van der Waals surface area contributed by atoms with Gasteiger partial charge in [-0.2, -0.15) is 0 Å². The predicted octanol–water partition coefficient (Wildman–Crippen LogP) is 1.31. The summed E-state index contributed by atoms with van der Waals surface area (Å²) >= 11 is 0. The summed E-state index contributed by atoms with van der Waals surface area (Å²) in [5.41, 5.74) is 0.903. The largest absolute Gasteiger partial charge is 0.497 e. The third-order valence-corrected chi connectivity index (χ3v) is 2.61. The highest BCUT2D eigenvalue weighted by Crippen LogP contribution is 2.13. The molecule has 0 aliphatic heterocycles. The second-order valence-corrected chi connectivity index (χ2v) is 4.22. The zero-order chi connectivity index (χ0) is 14.4. The fourth-order valence-corrected chi connectivity index (χ4v) is 1.47. The Hall–Kier alpha value is -2.24. The number of carbonyl (C=O) groups excluding carboxylic acids is 1. The first kappa shape index (κ1) is 14.8. The van der Waals surface area contributed by atoms with Crippen LogP contribution in [0.4, 0.5) is 4.79 Å². The van der Waals surface area contributed by atoms with Gasteiger partial charge in [-0.1, -0.05) is 12.1 Å². The van der Waals surface area contributed by atoms with Crippen molar-refractivity contribution in [2.75, 3.05) is 14.2 Å². The molecular formula is C13H18N2O4. The number of hydrogen-bond donors (Lipinski definition) is 2. The number of hydrogen-bond acceptors (Lipinski definition) is 3. The summed E-state index contributed by atoms with van der Waals surface area (Å²) in [6.07, 6.45) is 0. The van der Waals surface area contributed by atoms with Gasteiger partial charge in [-0.05, 0) is 24.6 Å². The molecule has 0 saturated carbocycles. The van der Waals surface area contributed by atoms with E-state index in [1.807, 2.05) is 24.3 Å². The van der Waals surface area contributed by atoms with Crippen molar-refractivity contribution in [3.05, 3.63) is 29.8 Å². The van der Waals surface area contributed by atoms with Crippen LogP contribution in [-0.4, -0.2) is 42.2 Å². The number of amides is 2. The summed E-state index contributed by atoms with van der Waals surface area (Å²) in [6, 6.07) is 5.99. The van der Waals surface area contributed by atoms with E-state index in [-0.39, 0.29) is 0 Å². The molecule has 6 nitrogen and oxygen atoms in total. The molecule has 6 heteroatoms. The van der Waals surface area contributed by atoms with Gasteiger partial charge in [0.05, 0.1) is 7.11 Å². The molecule has 19 heavy (non-hydrogen) atoms. The highest BCUT2D eigenvalue weighted by molar-refractivity contribution is 5.82. The van der Waals surface area contributed by atoms with Gasteiger partial charge in [-0.25, -0.2) is 4.79 Å². The second kappa shape index (κ2) is 6.63. The van der Waals surface area contributed by atoms with Gasteiger partial charge >= 0.3 is 12.0 Å². The fourth-order valence-electron chi connectivity index (χ4n) is 1.47. The number of rotatable bonds is 5. The lowest BCUT2D eigenvalue weighted by atomic mass is 10.2. The van der Waals surface area contributed by atoms with Crippen LogP contribution in [0.3, 0.4) is 0 Å². The number of carboxylic acid groups (broad SMARTS) is 1. The average molecular weight is 266 g/mol. The number of carboxylic acids is 1. The van der Waals surface area contributed by atoms with E-state index < -0.39 is 18.0 Å². The summed E-state index contributed by atoms with van der Waals surface area (Å²) in [4.78, 5) is 23.8. The molecule has 0 aliphatic rings. The van der Waals surface area contributed by atoms with Crippen LogP contribution in [0, 0.1) is 0 Å². The van der Waals surface area contributed by atoms with Gasteiger partial charge in [-0.3, -0.25) is 4.79 Å². The maximum atomic E-state index is 11.7. The van der Waals surface area contributed by atoms with Gasteiger partial charge < -0.3 is 20.1 Å².